The minimum atomic E-state index is -3.49. The lowest BCUT2D eigenvalue weighted by atomic mass is 10.2. The number of nitrogens with zero attached hydrogens (tertiary/aromatic N) is 3. The maximum absolute atomic E-state index is 11.6. The first kappa shape index (κ1) is 19.6. The Hall–Kier alpha value is -1.71. The largest absolute Gasteiger partial charge is 0.373 e. The topological polar surface area (TPSA) is 93.0 Å². The Kier molecular flexibility index (Phi) is 6.02. The zero-order chi connectivity index (χ0) is 18.8. The molecule has 0 bridgehead atoms. The van der Waals surface area contributed by atoms with E-state index in [1.165, 1.54) is 12.1 Å². The molecule has 0 amide bonds. The summed E-state index contributed by atoms with van der Waals surface area (Å²) in [4.78, 5) is 14.8. The van der Waals surface area contributed by atoms with Gasteiger partial charge in [-0.2, -0.15) is 0 Å². The standard InChI is InChI=1S/C16H25N3O5S/c1-12-10-18(11-13(2)24-12)8-7-17(3)15-6-5-14(25(4,22)23)9-16(15)19(20)21/h5-6,9,12-13H,7-8,10-11H2,1-4H3/t12-,13+. The number of likely N-dealkylation sites (N-methyl/N-ethyl adjacent to an activating group) is 1. The molecule has 1 aromatic carbocycles. The highest BCUT2D eigenvalue weighted by Gasteiger charge is 2.24. The van der Waals surface area contributed by atoms with Crippen LogP contribution < -0.4 is 4.90 Å². The molecule has 8 nitrogen and oxygen atoms in total. The molecule has 1 aromatic rings. The van der Waals surface area contributed by atoms with Crippen LogP contribution in [0.5, 0.6) is 0 Å². The van der Waals surface area contributed by atoms with Crippen LogP contribution in [0.1, 0.15) is 13.8 Å². The van der Waals surface area contributed by atoms with Crippen LogP contribution in [0.2, 0.25) is 0 Å². The first-order valence-corrected chi connectivity index (χ1v) is 10.0. The predicted octanol–water partition coefficient (Wildman–Crippen LogP) is 1.54. The summed E-state index contributed by atoms with van der Waals surface area (Å²) >= 11 is 0. The van der Waals surface area contributed by atoms with Crippen LogP contribution in [-0.2, 0) is 14.6 Å². The van der Waals surface area contributed by atoms with Crippen molar-refractivity contribution in [1.82, 2.24) is 4.90 Å². The number of hydrogen-bond acceptors (Lipinski definition) is 7. The summed E-state index contributed by atoms with van der Waals surface area (Å²) in [5, 5.41) is 11.4. The van der Waals surface area contributed by atoms with E-state index in [0.29, 0.717) is 12.2 Å². The quantitative estimate of drug-likeness (QED) is 0.553. The average molecular weight is 371 g/mol. The smallest absolute Gasteiger partial charge is 0.293 e. The van der Waals surface area contributed by atoms with Gasteiger partial charge in [0.15, 0.2) is 9.84 Å². The molecule has 0 unspecified atom stereocenters. The van der Waals surface area contributed by atoms with E-state index in [9.17, 15) is 18.5 Å². The van der Waals surface area contributed by atoms with Crippen LogP contribution in [0.4, 0.5) is 11.4 Å². The van der Waals surface area contributed by atoms with Gasteiger partial charge in [-0.15, -0.1) is 0 Å². The summed E-state index contributed by atoms with van der Waals surface area (Å²) in [5.74, 6) is 0. The van der Waals surface area contributed by atoms with E-state index in [0.717, 1.165) is 32.0 Å². The van der Waals surface area contributed by atoms with Gasteiger partial charge in [0.2, 0.25) is 0 Å². The fourth-order valence-electron chi connectivity index (χ4n) is 3.08. The number of nitro groups is 1. The van der Waals surface area contributed by atoms with Gasteiger partial charge in [-0.1, -0.05) is 0 Å². The summed E-state index contributed by atoms with van der Waals surface area (Å²) in [6.07, 6.45) is 1.37. The number of morpholine rings is 1. The second kappa shape index (κ2) is 7.67. The fourth-order valence-corrected chi connectivity index (χ4v) is 3.72. The highest BCUT2D eigenvalue weighted by molar-refractivity contribution is 7.90. The first-order chi connectivity index (χ1) is 11.6. The van der Waals surface area contributed by atoms with Crippen LogP contribution in [0, 0.1) is 10.1 Å². The fraction of sp³-hybridized carbons (Fsp3) is 0.625. The normalized spacial score (nSPS) is 21.9. The molecular weight excluding hydrogens is 346 g/mol. The van der Waals surface area contributed by atoms with Crippen molar-refractivity contribution < 1.29 is 18.1 Å². The number of hydrogen-bond donors (Lipinski definition) is 0. The van der Waals surface area contributed by atoms with Gasteiger partial charge in [0, 0.05) is 45.5 Å². The van der Waals surface area contributed by atoms with Crippen molar-refractivity contribution in [3.8, 4) is 0 Å². The number of rotatable bonds is 6. The van der Waals surface area contributed by atoms with Crippen molar-refractivity contribution in [3.63, 3.8) is 0 Å². The van der Waals surface area contributed by atoms with Gasteiger partial charge in [0.1, 0.15) is 5.69 Å². The predicted molar refractivity (Wildman–Crippen MR) is 95.9 cm³/mol. The van der Waals surface area contributed by atoms with E-state index in [1.807, 2.05) is 13.8 Å². The Morgan fingerprint density at radius 1 is 1.32 bits per heavy atom. The third kappa shape index (κ3) is 5.13. The molecule has 1 heterocycles. The van der Waals surface area contributed by atoms with Crippen molar-refractivity contribution in [2.45, 2.75) is 31.0 Å². The van der Waals surface area contributed by atoms with Gasteiger partial charge in [-0.05, 0) is 26.0 Å². The van der Waals surface area contributed by atoms with E-state index in [2.05, 4.69) is 4.90 Å². The van der Waals surface area contributed by atoms with Crippen molar-refractivity contribution in [1.29, 1.82) is 0 Å². The van der Waals surface area contributed by atoms with Gasteiger partial charge in [0.05, 0.1) is 22.0 Å². The van der Waals surface area contributed by atoms with E-state index in [4.69, 9.17) is 4.74 Å². The maximum atomic E-state index is 11.6. The Balaban J connectivity index is 2.13. The van der Waals surface area contributed by atoms with E-state index in [-0.39, 0.29) is 22.8 Å². The highest BCUT2D eigenvalue weighted by Crippen LogP contribution is 2.30. The molecule has 1 aliphatic rings. The first-order valence-electron chi connectivity index (χ1n) is 8.15. The second-order valence-electron chi connectivity index (χ2n) is 6.62. The van der Waals surface area contributed by atoms with Crippen molar-refractivity contribution in [3.05, 3.63) is 28.3 Å². The average Bonchev–Trinajstić information content (AvgIpc) is 2.50. The van der Waals surface area contributed by atoms with Crippen molar-refractivity contribution >= 4 is 21.2 Å². The minimum absolute atomic E-state index is 0.0489. The lowest BCUT2D eigenvalue weighted by Crippen LogP contribution is -2.47. The molecule has 0 N–H and O–H groups in total. The molecule has 2 atom stereocenters. The number of nitro benzene ring substituents is 1. The molecule has 0 aliphatic carbocycles. The minimum Gasteiger partial charge on any atom is -0.373 e. The van der Waals surface area contributed by atoms with Crippen LogP contribution in [0.3, 0.4) is 0 Å². The van der Waals surface area contributed by atoms with Crippen LogP contribution >= 0.6 is 0 Å². The van der Waals surface area contributed by atoms with Crippen LogP contribution in [0.15, 0.2) is 23.1 Å². The number of ether oxygens (including phenoxy) is 1. The molecule has 1 saturated heterocycles. The molecule has 0 spiro atoms. The van der Waals surface area contributed by atoms with E-state index in [1.54, 1.807) is 11.9 Å². The van der Waals surface area contributed by atoms with Gasteiger partial charge in [-0.3, -0.25) is 15.0 Å². The molecule has 0 saturated carbocycles. The zero-order valence-corrected chi connectivity index (χ0v) is 15.8. The van der Waals surface area contributed by atoms with Crippen molar-refractivity contribution in [2.75, 3.05) is 44.4 Å². The zero-order valence-electron chi connectivity index (χ0n) is 15.0. The van der Waals surface area contributed by atoms with Crippen LogP contribution in [-0.4, -0.2) is 69.9 Å². The van der Waals surface area contributed by atoms with E-state index < -0.39 is 14.8 Å². The third-order valence-electron chi connectivity index (χ3n) is 4.23. The lowest BCUT2D eigenvalue weighted by Gasteiger charge is -2.36. The molecule has 1 fully saturated rings. The molecule has 9 heteroatoms. The van der Waals surface area contributed by atoms with Gasteiger partial charge >= 0.3 is 0 Å². The lowest BCUT2D eigenvalue weighted by molar-refractivity contribution is -0.384. The Bertz CT molecular complexity index is 727. The molecule has 140 valence electrons. The summed E-state index contributed by atoms with van der Waals surface area (Å²) in [5.41, 5.74) is 0.209. The molecule has 2 rings (SSSR count). The van der Waals surface area contributed by atoms with Crippen LogP contribution in [0.25, 0.3) is 0 Å². The SMILES string of the molecule is C[C@@H]1CN(CCN(C)c2ccc(S(C)(=O)=O)cc2[N+](=O)[O-])C[C@H](C)O1. The summed E-state index contributed by atoms with van der Waals surface area (Å²) in [6, 6.07) is 4.03. The molecule has 0 aromatic heterocycles. The number of anilines is 1. The maximum Gasteiger partial charge on any atom is 0.293 e. The Morgan fingerprint density at radius 3 is 2.44 bits per heavy atom. The molecular formula is C16H25N3O5S. The van der Waals surface area contributed by atoms with Gasteiger partial charge < -0.3 is 9.64 Å². The summed E-state index contributed by atoms with van der Waals surface area (Å²) < 4.78 is 29.0. The van der Waals surface area contributed by atoms with Gasteiger partial charge in [0.25, 0.3) is 5.69 Å². The molecule has 25 heavy (non-hydrogen) atoms. The van der Waals surface area contributed by atoms with E-state index >= 15 is 0 Å². The second-order valence-corrected chi connectivity index (χ2v) is 8.63. The molecule has 1 aliphatic heterocycles. The van der Waals surface area contributed by atoms with Crippen molar-refractivity contribution in [2.24, 2.45) is 0 Å². The monoisotopic (exact) mass is 371 g/mol. The summed E-state index contributed by atoms with van der Waals surface area (Å²) in [6.45, 7) is 7.06. The molecule has 0 radical (unpaired) electrons. The Labute approximate surface area is 148 Å². The number of sulfone groups is 1. The third-order valence-corrected chi connectivity index (χ3v) is 5.34. The summed E-state index contributed by atoms with van der Waals surface area (Å²) in [7, 11) is -1.71. The van der Waals surface area contributed by atoms with Gasteiger partial charge in [-0.25, -0.2) is 8.42 Å². The number of benzene rings is 1. The highest BCUT2D eigenvalue weighted by atomic mass is 32.2. The Morgan fingerprint density at radius 2 is 1.92 bits per heavy atom.